The molecule has 0 atom stereocenters. The van der Waals surface area contributed by atoms with Gasteiger partial charge in [-0.25, -0.2) is 9.48 Å². The zero-order valence-electron chi connectivity index (χ0n) is 12.9. The second-order valence-electron chi connectivity index (χ2n) is 4.88. The molecule has 25 heavy (non-hydrogen) atoms. The van der Waals surface area contributed by atoms with Crippen LogP contribution in [0.4, 0.5) is 13.2 Å². The minimum Gasteiger partial charge on any atom is -0.476 e. The molecule has 132 valence electrons. The third kappa shape index (κ3) is 4.43. The summed E-state index contributed by atoms with van der Waals surface area (Å²) in [6.07, 6.45) is -1.38. The van der Waals surface area contributed by atoms with E-state index in [0.717, 1.165) is 0 Å². The molecule has 0 saturated heterocycles. The molecule has 1 amide bonds. The zero-order valence-corrected chi connectivity index (χ0v) is 12.9. The molecule has 1 aromatic heterocycles. The molecule has 1 aromatic carbocycles. The molecule has 1 heterocycles. The highest BCUT2D eigenvalue weighted by atomic mass is 19.4. The number of alkyl halides is 3. The molecular formula is C15H13F3N4O3. The summed E-state index contributed by atoms with van der Waals surface area (Å²) >= 11 is 0. The van der Waals surface area contributed by atoms with Gasteiger partial charge >= 0.3 is 12.1 Å². The second-order valence-corrected chi connectivity index (χ2v) is 4.88. The number of carboxylic acid groups (broad SMARTS) is 1. The van der Waals surface area contributed by atoms with E-state index in [1.165, 1.54) is 35.0 Å². The summed E-state index contributed by atoms with van der Waals surface area (Å²) in [7, 11) is 0. The number of nitrogens with one attached hydrogen (secondary N) is 1. The molecule has 7 nitrogen and oxygen atoms in total. The van der Waals surface area contributed by atoms with Gasteiger partial charge in [-0.3, -0.25) is 4.79 Å². The first-order valence-corrected chi connectivity index (χ1v) is 7.00. The Morgan fingerprint density at radius 3 is 2.44 bits per heavy atom. The number of carbonyl (C=O) groups excluding carboxylic acids is 1. The molecule has 0 aliphatic carbocycles. The number of halogens is 3. The van der Waals surface area contributed by atoms with E-state index in [4.69, 9.17) is 5.11 Å². The van der Waals surface area contributed by atoms with E-state index in [-0.39, 0.29) is 17.0 Å². The highest BCUT2D eigenvalue weighted by Gasteiger charge is 2.28. The Morgan fingerprint density at radius 1 is 1.28 bits per heavy atom. The number of aromatic carboxylic acids is 1. The molecule has 2 N–H and O–H groups in total. The van der Waals surface area contributed by atoms with Crippen molar-refractivity contribution in [2.75, 3.05) is 6.54 Å². The van der Waals surface area contributed by atoms with E-state index >= 15 is 0 Å². The van der Waals surface area contributed by atoms with Crippen molar-refractivity contribution in [1.29, 1.82) is 0 Å². The number of hydrogen-bond donors (Lipinski definition) is 2. The van der Waals surface area contributed by atoms with Gasteiger partial charge < -0.3 is 10.4 Å². The van der Waals surface area contributed by atoms with E-state index in [1.54, 1.807) is 18.3 Å². The highest BCUT2D eigenvalue weighted by Crippen LogP contribution is 2.16. The minimum atomic E-state index is -4.50. The van der Waals surface area contributed by atoms with Crippen molar-refractivity contribution in [3.63, 3.8) is 0 Å². The van der Waals surface area contributed by atoms with E-state index < -0.39 is 24.6 Å². The number of amides is 1. The normalized spacial score (nSPS) is 11.7. The Balaban J connectivity index is 2.26. The van der Waals surface area contributed by atoms with Gasteiger partial charge in [0.15, 0.2) is 5.69 Å². The van der Waals surface area contributed by atoms with Crippen LogP contribution in [0.2, 0.25) is 0 Å². The van der Waals surface area contributed by atoms with Crippen LogP contribution in [0, 0.1) is 0 Å². The third-order valence-electron chi connectivity index (χ3n) is 3.06. The molecule has 2 aromatic rings. The number of carboxylic acids is 1. The number of rotatable bonds is 5. The third-order valence-corrected chi connectivity index (χ3v) is 3.06. The van der Waals surface area contributed by atoms with Crippen LogP contribution in [-0.2, 0) is 0 Å². The van der Waals surface area contributed by atoms with E-state index in [1.807, 2.05) is 0 Å². The maximum absolute atomic E-state index is 12.1. The van der Waals surface area contributed by atoms with Gasteiger partial charge in [-0.05, 0) is 37.3 Å². The summed E-state index contributed by atoms with van der Waals surface area (Å²) in [5.41, 5.74) is 0.411. The standard InChI is InChI=1S/C15H13F3N4O3/c1-2-3-11-12(14(24)25)20-21-22(11)10-6-4-9(5-7-10)13(23)19-8-15(16,17)18/h2-7H,8H2,1H3,(H,19,23)(H,24,25). The lowest BCUT2D eigenvalue weighted by molar-refractivity contribution is -0.123. The van der Waals surface area contributed by atoms with Crippen molar-refractivity contribution < 1.29 is 27.9 Å². The van der Waals surface area contributed by atoms with Gasteiger partial charge in [0, 0.05) is 5.56 Å². The lowest BCUT2D eigenvalue weighted by atomic mass is 10.2. The van der Waals surface area contributed by atoms with Gasteiger partial charge in [0.2, 0.25) is 0 Å². The summed E-state index contributed by atoms with van der Waals surface area (Å²) < 4.78 is 37.6. The highest BCUT2D eigenvalue weighted by molar-refractivity contribution is 5.94. The average Bonchev–Trinajstić information content (AvgIpc) is 2.96. The first kappa shape index (κ1) is 18.2. The number of hydrogen-bond acceptors (Lipinski definition) is 4. The van der Waals surface area contributed by atoms with Crippen molar-refractivity contribution in [2.24, 2.45) is 0 Å². The van der Waals surface area contributed by atoms with Crippen LogP contribution in [0.25, 0.3) is 11.8 Å². The van der Waals surface area contributed by atoms with Crippen molar-refractivity contribution in [3.05, 3.63) is 47.3 Å². The topological polar surface area (TPSA) is 97.1 Å². The molecule has 0 unspecified atom stereocenters. The Morgan fingerprint density at radius 2 is 1.92 bits per heavy atom. The molecule has 10 heteroatoms. The molecule has 0 spiro atoms. The van der Waals surface area contributed by atoms with Gasteiger partial charge in [0.1, 0.15) is 12.2 Å². The lowest BCUT2D eigenvalue weighted by Crippen LogP contribution is -2.33. The Kier molecular flexibility index (Phi) is 5.20. The van der Waals surface area contributed by atoms with Crippen molar-refractivity contribution in [1.82, 2.24) is 20.3 Å². The van der Waals surface area contributed by atoms with Gasteiger partial charge in [-0.1, -0.05) is 11.3 Å². The second kappa shape index (κ2) is 7.16. The molecule has 0 aliphatic heterocycles. The summed E-state index contributed by atoms with van der Waals surface area (Å²) in [6, 6.07) is 5.47. The molecule has 0 aliphatic rings. The van der Waals surface area contributed by atoms with Crippen LogP contribution in [0.5, 0.6) is 0 Å². The maximum Gasteiger partial charge on any atom is 0.405 e. The van der Waals surface area contributed by atoms with E-state index in [9.17, 15) is 22.8 Å². The van der Waals surface area contributed by atoms with Crippen LogP contribution in [0.3, 0.4) is 0 Å². The lowest BCUT2D eigenvalue weighted by Gasteiger charge is -2.09. The van der Waals surface area contributed by atoms with Crippen molar-refractivity contribution in [3.8, 4) is 5.69 Å². The van der Waals surface area contributed by atoms with Crippen LogP contribution < -0.4 is 5.32 Å². The largest absolute Gasteiger partial charge is 0.476 e. The Hall–Kier alpha value is -3.17. The SMILES string of the molecule is CC=Cc1c(C(=O)O)nnn1-c1ccc(C(=O)NCC(F)(F)F)cc1. The molecule has 0 bridgehead atoms. The van der Waals surface area contributed by atoms with Crippen LogP contribution in [0.1, 0.15) is 33.5 Å². The monoisotopic (exact) mass is 354 g/mol. The van der Waals surface area contributed by atoms with E-state index in [2.05, 4.69) is 10.3 Å². The molecule has 0 saturated carbocycles. The fourth-order valence-electron chi connectivity index (χ4n) is 1.98. The number of aromatic nitrogens is 3. The smallest absolute Gasteiger partial charge is 0.405 e. The maximum atomic E-state index is 12.1. The van der Waals surface area contributed by atoms with Crippen molar-refractivity contribution >= 4 is 18.0 Å². The molecule has 2 rings (SSSR count). The summed E-state index contributed by atoms with van der Waals surface area (Å²) in [5, 5.41) is 18.2. The minimum absolute atomic E-state index is 0.0270. The fourth-order valence-corrected chi connectivity index (χ4v) is 1.98. The predicted molar refractivity (Wildman–Crippen MR) is 81.4 cm³/mol. The summed E-state index contributed by atoms with van der Waals surface area (Å²) in [4.78, 5) is 22.8. The molecular weight excluding hydrogens is 341 g/mol. The van der Waals surface area contributed by atoms with Gasteiger partial charge in [-0.15, -0.1) is 5.10 Å². The Bertz CT molecular complexity index is 810. The van der Waals surface area contributed by atoms with Crippen LogP contribution >= 0.6 is 0 Å². The Labute approximate surface area is 139 Å². The van der Waals surface area contributed by atoms with Crippen molar-refractivity contribution in [2.45, 2.75) is 13.1 Å². The summed E-state index contributed by atoms with van der Waals surface area (Å²) in [6.45, 7) is 0.265. The first-order valence-electron chi connectivity index (χ1n) is 7.00. The first-order chi connectivity index (χ1) is 11.7. The predicted octanol–water partition coefficient (Wildman–Crippen LogP) is 2.29. The molecule has 0 fully saturated rings. The number of carbonyl (C=O) groups is 2. The quantitative estimate of drug-likeness (QED) is 0.859. The average molecular weight is 354 g/mol. The number of nitrogens with zero attached hydrogens (tertiary/aromatic N) is 3. The van der Waals surface area contributed by atoms with Gasteiger partial charge in [-0.2, -0.15) is 13.2 Å². The number of allylic oxidation sites excluding steroid dienone is 1. The van der Waals surface area contributed by atoms with Crippen LogP contribution in [-0.4, -0.2) is 44.7 Å². The van der Waals surface area contributed by atoms with Gasteiger partial charge in [0.05, 0.1) is 5.69 Å². The number of benzene rings is 1. The van der Waals surface area contributed by atoms with Gasteiger partial charge in [0.25, 0.3) is 5.91 Å². The fraction of sp³-hybridized carbons (Fsp3) is 0.200. The van der Waals surface area contributed by atoms with E-state index in [0.29, 0.717) is 5.69 Å². The zero-order chi connectivity index (χ0) is 18.6. The van der Waals surface area contributed by atoms with Crippen LogP contribution in [0.15, 0.2) is 30.3 Å². The summed E-state index contributed by atoms with van der Waals surface area (Å²) in [5.74, 6) is -2.12. The molecule has 0 radical (unpaired) electrons.